The van der Waals surface area contributed by atoms with Crippen LogP contribution in [0.15, 0.2) is 29.5 Å². The predicted molar refractivity (Wildman–Crippen MR) is 97.2 cm³/mol. The van der Waals surface area contributed by atoms with Crippen molar-refractivity contribution >= 4 is 12.0 Å². The number of nitrogens with zero attached hydrogens (tertiary/aromatic N) is 1. The first-order valence-corrected chi connectivity index (χ1v) is 8.83. The summed E-state index contributed by atoms with van der Waals surface area (Å²) in [5.74, 6) is -0.675. The van der Waals surface area contributed by atoms with Crippen LogP contribution in [0.1, 0.15) is 38.3 Å². The number of carbonyl (C=O) groups is 2. The molecule has 2 amide bonds. The van der Waals surface area contributed by atoms with Gasteiger partial charge in [-0.1, -0.05) is 19.4 Å². The van der Waals surface area contributed by atoms with E-state index in [1.807, 2.05) is 6.92 Å². The molecule has 1 atom stereocenters. The molecule has 0 bridgehead atoms. The van der Waals surface area contributed by atoms with Crippen LogP contribution in [0.4, 0.5) is 13.6 Å². The van der Waals surface area contributed by atoms with Gasteiger partial charge in [-0.2, -0.15) is 8.78 Å². The van der Waals surface area contributed by atoms with E-state index < -0.39 is 18.6 Å². The Labute approximate surface area is 162 Å². The quantitative estimate of drug-likeness (QED) is 0.677. The number of ether oxygens (including phenoxy) is 3. The lowest BCUT2D eigenvalue weighted by atomic mass is 9.94. The lowest BCUT2D eigenvalue weighted by Crippen LogP contribution is -2.48. The van der Waals surface area contributed by atoms with Gasteiger partial charge in [0.25, 0.3) is 0 Å². The molecule has 0 spiro atoms. The molecule has 28 heavy (non-hydrogen) atoms. The number of hydrogen-bond donors (Lipinski definition) is 1. The number of halogens is 2. The number of esters is 1. The fourth-order valence-electron chi connectivity index (χ4n) is 3.05. The molecule has 9 heteroatoms. The molecule has 7 nitrogen and oxygen atoms in total. The fraction of sp³-hybridized carbons (Fsp3) is 0.474. The number of rotatable bonds is 8. The second-order valence-corrected chi connectivity index (χ2v) is 6.17. The van der Waals surface area contributed by atoms with E-state index in [-0.39, 0.29) is 23.1 Å². The van der Waals surface area contributed by atoms with Crippen LogP contribution in [-0.4, -0.2) is 44.3 Å². The highest BCUT2D eigenvalue weighted by atomic mass is 19.3. The Balaban J connectivity index is 2.49. The van der Waals surface area contributed by atoms with Crippen LogP contribution in [-0.2, 0) is 9.53 Å². The van der Waals surface area contributed by atoms with E-state index in [9.17, 15) is 18.4 Å². The van der Waals surface area contributed by atoms with Crippen LogP contribution < -0.4 is 14.8 Å². The topological polar surface area (TPSA) is 77.1 Å². The molecule has 1 heterocycles. The highest BCUT2D eigenvalue weighted by Gasteiger charge is 2.36. The molecule has 0 unspecified atom stereocenters. The van der Waals surface area contributed by atoms with E-state index in [1.165, 1.54) is 37.3 Å². The van der Waals surface area contributed by atoms with Crippen molar-refractivity contribution in [3.8, 4) is 11.5 Å². The van der Waals surface area contributed by atoms with Crippen LogP contribution >= 0.6 is 0 Å². The van der Waals surface area contributed by atoms with E-state index in [0.717, 1.165) is 12.8 Å². The minimum absolute atomic E-state index is 0.0577. The Bertz CT molecular complexity index is 767. The van der Waals surface area contributed by atoms with Gasteiger partial charge in [0, 0.05) is 12.2 Å². The van der Waals surface area contributed by atoms with Crippen LogP contribution in [0.25, 0.3) is 0 Å². The molecule has 0 radical (unpaired) electrons. The largest absolute Gasteiger partial charge is 0.493 e. The van der Waals surface area contributed by atoms with Gasteiger partial charge in [-0.25, -0.2) is 9.59 Å². The number of unbranched alkanes of at least 4 members (excludes halogenated alkanes) is 1. The molecule has 1 aliphatic heterocycles. The zero-order valence-corrected chi connectivity index (χ0v) is 16.3. The van der Waals surface area contributed by atoms with Crippen LogP contribution in [0.3, 0.4) is 0 Å². The zero-order valence-electron chi connectivity index (χ0n) is 16.3. The van der Waals surface area contributed by atoms with Crippen molar-refractivity contribution in [2.75, 3.05) is 20.8 Å². The van der Waals surface area contributed by atoms with Gasteiger partial charge in [0.1, 0.15) is 0 Å². The lowest BCUT2D eigenvalue weighted by Gasteiger charge is -2.35. The third kappa shape index (κ3) is 4.52. The maximum Gasteiger partial charge on any atom is 0.387 e. The van der Waals surface area contributed by atoms with Crippen molar-refractivity contribution in [3.63, 3.8) is 0 Å². The van der Waals surface area contributed by atoms with Gasteiger partial charge in [0.15, 0.2) is 11.5 Å². The molecular weight excluding hydrogens is 374 g/mol. The lowest BCUT2D eigenvalue weighted by molar-refractivity contribution is -0.136. The van der Waals surface area contributed by atoms with E-state index >= 15 is 0 Å². The highest BCUT2D eigenvalue weighted by Crippen LogP contribution is 2.36. The van der Waals surface area contributed by atoms with Crippen molar-refractivity contribution < 1.29 is 32.6 Å². The molecule has 0 fully saturated rings. The molecular formula is C19H24F2N2O5. The molecule has 1 aliphatic rings. The molecule has 0 aliphatic carbocycles. The molecule has 1 N–H and O–H groups in total. The molecule has 1 aromatic rings. The maximum absolute atomic E-state index is 12.6. The number of benzene rings is 1. The van der Waals surface area contributed by atoms with E-state index in [4.69, 9.17) is 9.47 Å². The normalized spacial score (nSPS) is 16.9. The van der Waals surface area contributed by atoms with Crippen molar-refractivity contribution in [2.24, 2.45) is 0 Å². The number of nitrogens with one attached hydrogen (secondary N) is 1. The predicted octanol–water partition coefficient (Wildman–Crippen LogP) is 3.61. The third-order valence-electron chi connectivity index (χ3n) is 4.47. The van der Waals surface area contributed by atoms with Gasteiger partial charge >= 0.3 is 18.6 Å². The summed E-state index contributed by atoms with van der Waals surface area (Å²) in [4.78, 5) is 26.5. The fourth-order valence-corrected chi connectivity index (χ4v) is 3.05. The van der Waals surface area contributed by atoms with E-state index in [1.54, 1.807) is 6.92 Å². The Hall–Kier alpha value is -2.84. The van der Waals surface area contributed by atoms with Gasteiger partial charge in [0.2, 0.25) is 0 Å². The highest BCUT2D eigenvalue weighted by molar-refractivity contribution is 5.95. The minimum Gasteiger partial charge on any atom is -0.493 e. The van der Waals surface area contributed by atoms with Gasteiger partial charge < -0.3 is 19.5 Å². The third-order valence-corrected chi connectivity index (χ3v) is 4.47. The van der Waals surface area contributed by atoms with E-state index in [2.05, 4.69) is 10.1 Å². The Morgan fingerprint density at radius 1 is 1.29 bits per heavy atom. The number of urea groups is 1. The molecule has 154 valence electrons. The summed E-state index contributed by atoms with van der Waals surface area (Å²) >= 11 is 0. The summed E-state index contributed by atoms with van der Waals surface area (Å²) in [6.45, 7) is 1.14. The van der Waals surface area contributed by atoms with Crippen molar-refractivity contribution in [1.82, 2.24) is 10.2 Å². The molecule has 0 saturated heterocycles. The zero-order chi connectivity index (χ0) is 20.8. The molecule has 0 aromatic heterocycles. The Kier molecular flexibility index (Phi) is 7.19. The van der Waals surface area contributed by atoms with Crippen LogP contribution in [0, 0.1) is 0 Å². The Morgan fingerprint density at radius 2 is 2.00 bits per heavy atom. The summed E-state index contributed by atoms with van der Waals surface area (Å²) in [5.41, 5.74) is 1.23. The first-order chi connectivity index (χ1) is 13.3. The van der Waals surface area contributed by atoms with Crippen molar-refractivity contribution in [3.05, 3.63) is 35.0 Å². The van der Waals surface area contributed by atoms with E-state index in [0.29, 0.717) is 17.8 Å². The Morgan fingerprint density at radius 3 is 2.57 bits per heavy atom. The first kappa shape index (κ1) is 21.5. The van der Waals surface area contributed by atoms with Gasteiger partial charge in [0.05, 0.1) is 25.8 Å². The number of amides is 2. The van der Waals surface area contributed by atoms with Crippen LogP contribution in [0.5, 0.6) is 11.5 Å². The average molecular weight is 398 g/mol. The summed E-state index contributed by atoms with van der Waals surface area (Å²) in [6.07, 6.45) is 1.66. The maximum atomic E-state index is 12.6. The summed E-state index contributed by atoms with van der Waals surface area (Å²) < 4.78 is 39.5. The number of allylic oxidation sites excluding steroid dienone is 1. The minimum atomic E-state index is -3.01. The van der Waals surface area contributed by atoms with Crippen molar-refractivity contribution in [1.29, 1.82) is 0 Å². The SMILES string of the molecule is CCCCN1C(=O)N[C@@H](c2ccc(OC(F)F)c(OC)c2)C(C(=O)OC)=C1C. The number of carbonyl (C=O) groups excluding carboxylic acids is 2. The second-order valence-electron chi connectivity index (χ2n) is 6.17. The second kappa shape index (κ2) is 9.38. The number of hydrogen-bond acceptors (Lipinski definition) is 5. The number of alkyl halides is 2. The summed E-state index contributed by atoms with van der Waals surface area (Å²) in [7, 11) is 2.57. The smallest absolute Gasteiger partial charge is 0.387 e. The summed E-state index contributed by atoms with van der Waals surface area (Å²) in [6, 6.07) is 3.08. The molecule has 1 aromatic carbocycles. The van der Waals surface area contributed by atoms with Crippen LogP contribution in [0.2, 0.25) is 0 Å². The van der Waals surface area contributed by atoms with Gasteiger partial charge in [-0.05, 0) is 31.0 Å². The first-order valence-electron chi connectivity index (χ1n) is 8.83. The molecule has 0 saturated carbocycles. The monoisotopic (exact) mass is 398 g/mol. The van der Waals surface area contributed by atoms with Crippen molar-refractivity contribution in [2.45, 2.75) is 39.3 Å². The average Bonchev–Trinajstić information content (AvgIpc) is 2.66. The number of methoxy groups -OCH3 is 2. The molecule has 2 rings (SSSR count). The standard InChI is InChI=1S/C19H24F2N2O5/c1-5-6-9-23-11(2)15(17(24)27-4)16(22-19(23)25)12-7-8-13(28-18(20)21)14(10-12)26-3/h7-8,10,16,18H,5-6,9H2,1-4H3,(H,22,25)/t16-/m0/s1. The van der Waals surface area contributed by atoms with Gasteiger partial charge in [-0.15, -0.1) is 0 Å². The van der Waals surface area contributed by atoms with Gasteiger partial charge in [-0.3, -0.25) is 4.90 Å². The summed E-state index contributed by atoms with van der Waals surface area (Å²) in [5, 5.41) is 2.78.